The number of amidine groups is 1. The third kappa shape index (κ3) is 2.21. The number of aromatic hydroxyl groups is 1. The van der Waals surface area contributed by atoms with Crippen molar-refractivity contribution in [2.75, 3.05) is 5.32 Å². The van der Waals surface area contributed by atoms with Gasteiger partial charge in [-0.2, -0.15) is 8.42 Å². The van der Waals surface area contributed by atoms with Gasteiger partial charge in [0.2, 0.25) is 0 Å². The van der Waals surface area contributed by atoms with Crippen LogP contribution in [0.5, 0.6) is 5.75 Å². The van der Waals surface area contributed by atoms with Gasteiger partial charge in [0, 0.05) is 9.77 Å². The molecule has 0 saturated heterocycles. The molecule has 0 amide bonds. The number of nitrogens with zero attached hydrogens (tertiary/aromatic N) is 2. The molecule has 3 N–H and O–H groups in total. The average Bonchev–Trinajstić information content (AvgIpc) is 2.96. The van der Waals surface area contributed by atoms with Crippen LogP contribution in [0.2, 0.25) is 0 Å². The number of hydrogen-bond acceptors (Lipinski definition) is 5. The van der Waals surface area contributed by atoms with Crippen LogP contribution in [0.1, 0.15) is 5.56 Å². The van der Waals surface area contributed by atoms with Crippen LogP contribution in [0.15, 0.2) is 50.6 Å². The van der Waals surface area contributed by atoms with Crippen molar-refractivity contribution in [3.05, 3.63) is 56.0 Å². The third-order valence-corrected chi connectivity index (χ3v) is 5.59. The van der Waals surface area contributed by atoms with E-state index in [0.29, 0.717) is 11.2 Å². The Kier molecular flexibility index (Phi) is 3.22. The fourth-order valence-corrected chi connectivity index (χ4v) is 4.38. The van der Waals surface area contributed by atoms with Crippen LogP contribution in [0.25, 0.3) is 5.52 Å². The van der Waals surface area contributed by atoms with Crippen molar-refractivity contribution >= 4 is 49.7 Å². The maximum absolute atomic E-state index is 12.4. The van der Waals surface area contributed by atoms with Gasteiger partial charge in [0.25, 0.3) is 15.6 Å². The predicted molar refractivity (Wildman–Crippen MR) is 96.2 cm³/mol. The van der Waals surface area contributed by atoms with E-state index in [4.69, 9.17) is 0 Å². The van der Waals surface area contributed by atoms with Crippen LogP contribution < -0.4 is 10.9 Å². The molecule has 10 heteroatoms. The van der Waals surface area contributed by atoms with Gasteiger partial charge in [-0.3, -0.25) is 14.4 Å². The Morgan fingerprint density at radius 3 is 2.83 bits per heavy atom. The third-order valence-electron chi connectivity index (χ3n) is 3.60. The SMILES string of the molecule is O=c1[nH]n2cccc2c(O)c1C1=NS(=O)(=O)c2cc(I)ccc2N1. The highest BCUT2D eigenvalue weighted by molar-refractivity contribution is 14.1. The van der Waals surface area contributed by atoms with Crippen molar-refractivity contribution in [2.45, 2.75) is 4.90 Å². The van der Waals surface area contributed by atoms with Crippen molar-refractivity contribution in [3.63, 3.8) is 0 Å². The molecule has 0 radical (unpaired) electrons. The van der Waals surface area contributed by atoms with Crippen LogP contribution in [0.3, 0.4) is 0 Å². The maximum atomic E-state index is 12.4. The van der Waals surface area contributed by atoms with E-state index in [2.05, 4.69) is 14.8 Å². The molecule has 0 unspecified atom stereocenters. The van der Waals surface area contributed by atoms with E-state index >= 15 is 0 Å². The number of aromatic amines is 1. The summed E-state index contributed by atoms with van der Waals surface area (Å²) in [5, 5.41) is 15.7. The molecule has 1 aromatic carbocycles. The summed E-state index contributed by atoms with van der Waals surface area (Å²) in [6.07, 6.45) is 1.56. The van der Waals surface area contributed by atoms with Gasteiger partial charge in [-0.25, -0.2) is 0 Å². The molecule has 24 heavy (non-hydrogen) atoms. The largest absolute Gasteiger partial charge is 0.505 e. The Labute approximate surface area is 149 Å². The zero-order valence-electron chi connectivity index (χ0n) is 11.8. The number of anilines is 1. The Balaban J connectivity index is 1.98. The maximum Gasteiger partial charge on any atom is 0.286 e. The minimum Gasteiger partial charge on any atom is -0.505 e. The minimum absolute atomic E-state index is 0.0258. The number of sulfonamides is 1. The first kappa shape index (κ1) is 15.2. The van der Waals surface area contributed by atoms with Crippen molar-refractivity contribution in [1.82, 2.24) is 9.61 Å². The van der Waals surface area contributed by atoms with E-state index in [0.717, 1.165) is 3.57 Å². The molecular formula is C14H9IN4O4S. The molecular weight excluding hydrogens is 447 g/mol. The summed E-state index contributed by atoms with van der Waals surface area (Å²) in [6.45, 7) is 0. The lowest BCUT2D eigenvalue weighted by molar-refractivity contribution is 0.474. The second kappa shape index (κ2) is 5.08. The first-order valence-electron chi connectivity index (χ1n) is 6.71. The fourth-order valence-electron chi connectivity index (χ4n) is 2.53. The van der Waals surface area contributed by atoms with Crippen molar-refractivity contribution in [3.8, 4) is 5.75 Å². The van der Waals surface area contributed by atoms with E-state index in [1.54, 1.807) is 30.5 Å². The number of hydrogen-bond donors (Lipinski definition) is 3. The molecule has 0 atom stereocenters. The van der Waals surface area contributed by atoms with E-state index in [1.807, 2.05) is 22.6 Å². The molecule has 122 valence electrons. The van der Waals surface area contributed by atoms with Crippen LogP contribution in [-0.2, 0) is 10.0 Å². The first-order valence-corrected chi connectivity index (χ1v) is 9.23. The number of nitrogens with one attached hydrogen (secondary N) is 2. The standard InChI is InChI=1S/C14H9IN4O4S/c15-7-3-4-8-10(6-7)24(22,23)18-13(16-8)11-12(20)9-2-1-5-19(9)17-14(11)21/h1-6,20H,(H,16,18)(H,17,21). The number of rotatable bonds is 1. The molecule has 2 aromatic heterocycles. The van der Waals surface area contributed by atoms with Crippen LogP contribution in [0.4, 0.5) is 5.69 Å². The number of fused-ring (bicyclic) bond motifs is 2. The molecule has 1 aliphatic heterocycles. The Morgan fingerprint density at radius 1 is 1.25 bits per heavy atom. The molecule has 1 aliphatic rings. The van der Waals surface area contributed by atoms with Crippen molar-refractivity contribution in [1.29, 1.82) is 0 Å². The van der Waals surface area contributed by atoms with Gasteiger partial charge in [0.1, 0.15) is 16.0 Å². The lowest BCUT2D eigenvalue weighted by Crippen LogP contribution is -2.29. The van der Waals surface area contributed by atoms with Gasteiger partial charge < -0.3 is 10.4 Å². The Hall–Kier alpha value is -2.34. The van der Waals surface area contributed by atoms with Gasteiger partial charge >= 0.3 is 0 Å². The highest BCUT2D eigenvalue weighted by Crippen LogP contribution is 2.31. The zero-order chi connectivity index (χ0) is 17.1. The highest BCUT2D eigenvalue weighted by atomic mass is 127. The summed E-state index contributed by atoms with van der Waals surface area (Å²) in [7, 11) is -3.99. The monoisotopic (exact) mass is 456 g/mol. The summed E-state index contributed by atoms with van der Waals surface area (Å²) in [5.74, 6) is -0.565. The highest BCUT2D eigenvalue weighted by Gasteiger charge is 2.29. The molecule has 0 bridgehead atoms. The summed E-state index contributed by atoms with van der Waals surface area (Å²) < 4.78 is 30.6. The Bertz CT molecular complexity index is 1190. The zero-order valence-corrected chi connectivity index (χ0v) is 14.8. The van der Waals surface area contributed by atoms with Crippen molar-refractivity contribution < 1.29 is 13.5 Å². The normalized spacial score (nSPS) is 15.6. The molecule has 4 rings (SSSR count). The van der Waals surface area contributed by atoms with Gasteiger partial charge in [0.05, 0.1) is 5.69 Å². The molecule has 0 fully saturated rings. The number of aromatic nitrogens is 2. The second-order valence-corrected chi connectivity index (χ2v) is 7.93. The molecule has 0 saturated carbocycles. The van der Waals surface area contributed by atoms with Gasteiger partial charge in [-0.15, -0.1) is 4.40 Å². The average molecular weight is 456 g/mol. The minimum atomic E-state index is -3.99. The van der Waals surface area contributed by atoms with Gasteiger partial charge in [0.15, 0.2) is 11.6 Å². The van der Waals surface area contributed by atoms with E-state index in [9.17, 15) is 18.3 Å². The lowest BCUT2D eigenvalue weighted by Gasteiger charge is -2.18. The molecule has 8 nitrogen and oxygen atoms in total. The van der Waals surface area contributed by atoms with E-state index in [1.165, 1.54) is 10.6 Å². The first-order chi connectivity index (χ1) is 11.4. The number of halogens is 1. The summed E-state index contributed by atoms with van der Waals surface area (Å²) in [4.78, 5) is 12.3. The van der Waals surface area contributed by atoms with E-state index in [-0.39, 0.29) is 22.0 Å². The summed E-state index contributed by atoms with van der Waals surface area (Å²) in [5.41, 5.74) is -0.255. The number of benzene rings is 1. The molecule has 0 spiro atoms. The number of H-pyrrole nitrogens is 1. The Morgan fingerprint density at radius 2 is 2.04 bits per heavy atom. The topological polar surface area (TPSA) is 116 Å². The smallest absolute Gasteiger partial charge is 0.286 e. The second-order valence-electron chi connectivity index (χ2n) is 5.11. The molecule has 0 aliphatic carbocycles. The van der Waals surface area contributed by atoms with Crippen molar-refractivity contribution in [2.24, 2.45) is 4.40 Å². The quantitative estimate of drug-likeness (QED) is 0.480. The molecule has 3 aromatic rings. The van der Waals surface area contributed by atoms with Gasteiger partial charge in [-0.05, 0) is 52.9 Å². The fraction of sp³-hybridized carbons (Fsp3) is 0. The lowest BCUT2D eigenvalue weighted by atomic mass is 10.2. The van der Waals surface area contributed by atoms with Gasteiger partial charge in [-0.1, -0.05) is 0 Å². The summed E-state index contributed by atoms with van der Waals surface area (Å²) >= 11 is 2.00. The van der Waals surface area contributed by atoms with Crippen LogP contribution in [0, 0.1) is 3.57 Å². The predicted octanol–water partition coefficient (Wildman–Crippen LogP) is 1.50. The van der Waals surface area contributed by atoms with Crippen LogP contribution >= 0.6 is 22.6 Å². The van der Waals surface area contributed by atoms with E-state index < -0.39 is 15.6 Å². The van der Waals surface area contributed by atoms with Crippen LogP contribution in [-0.4, -0.2) is 29.0 Å². The summed E-state index contributed by atoms with van der Waals surface area (Å²) in [6, 6.07) is 8.02. The molecule has 3 heterocycles.